The van der Waals surface area contributed by atoms with E-state index in [4.69, 9.17) is 0 Å². The number of aryl methyl sites for hydroxylation is 1. The van der Waals surface area contributed by atoms with Gasteiger partial charge >= 0.3 is 0 Å². The summed E-state index contributed by atoms with van der Waals surface area (Å²) in [7, 11) is 3.55. The van der Waals surface area contributed by atoms with Gasteiger partial charge in [-0.25, -0.2) is 9.67 Å². The van der Waals surface area contributed by atoms with Gasteiger partial charge in [0.1, 0.15) is 5.39 Å². The highest BCUT2D eigenvalue weighted by Gasteiger charge is 2.12. The average molecular weight is 469 g/mol. The molecule has 3 rings (SSSR count). The molecular weight excluding hydrogens is 428 g/mol. The average Bonchev–Trinajstić information content (AvgIpc) is 3.02. The number of nitrogens with zero attached hydrogens (tertiary/aromatic N) is 5. The minimum absolute atomic E-state index is 0.0310. The number of hydrogen-bond donors (Lipinski definition) is 2. The highest BCUT2D eigenvalue weighted by Crippen LogP contribution is 2.13. The molecule has 8 heteroatoms. The molecule has 0 spiro atoms. The first-order valence-electron chi connectivity index (χ1n) is 11.3. The molecule has 0 fully saturated rings. The molecule has 2 aromatic heterocycles. The number of aliphatic hydroxyl groups excluding tert-OH is 1. The number of anilines is 1. The standard InChI is InChI=1S/C18H21N5O2.C3H7N.C3H6.C2H6/c1-3-9-23-17(25)15-11-20-18(21-16(15)22(23)2)19-10-13-5-4-6-14(12-24)8-7-13;1-3-4-2;1-3-2;1-2/h3-4,6-8,11,24H,1,5,9-10,12H2,2H3,(H,19,20,21);3H,1-2H3;3H,1H2,2H3;1-2H3. The minimum Gasteiger partial charge on any atom is -0.392 e. The van der Waals surface area contributed by atoms with Crippen molar-refractivity contribution in [2.75, 3.05) is 25.5 Å². The zero-order valence-corrected chi connectivity index (χ0v) is 21.5. The lowest BCUT2D eigenvalue weighted by molar-refractivity contribution is 0.335. The summed E-state index contributed by atoms with van der Waals surface area (Å²) < 4.78 is 3.28. The van der Waals surface area contributed by atoms with E-state index in [9.17, 15) is 9.90 Å². The van der Waals surface area contributed by atoms with E-state index in [1.165, 1.54) is 0 Å². The summed E-state index contributed by atoms with van der Waals surface area (Å²) in [4.78, 5) is 24.6. The third-order valence-electron chi connectivity index (χ3n) is 4.36. The van der Waals surface area contributed by atoms with E-state index >= 15 is 0 Å². The molecule has 0 radical (unpaired) electrons. The zero-order chi connectivity index (χ0) is 25.9. The van der Waals surface area contributed by atoms with E-state index in [-0.39, 0.29) is 12.2 Å². The van der Waals surface area contributed by atoms with Crippen LogP contribution in [-0.4, -0.2) is 50.9 Å². The Labute approximate surface area is 203 Å². The van der Waals surface area contributed by atoms with Crippen molar-refractivity contribution in [3.05, 3.63) is 77.3 Å². The predicted molar refractivity (Wildman–Crippen MR) is 146 cm³/mol. The monoisotopic (exact) mass is 468 g/mol. The Morgan fingerprint density at radius 1 is 1.26 bits per heavy atom. The fourth-order valence-electron chi connectivity index (χ4n) is 2.71. The molecule has 0 saturated heterocycles. The molecular formula is C26H40N6O2. The molecule has 0 amide bonds. The molecule has 0 aliphatic heterocycles. The fraction of sp³-hybridized carbons (Fsp3) is 0.385. The maximum atomic E-state index is 12.3. The van der Waals surface area contributed by atoms with Crippen LogP contribution in [0.15, 0.2) is 76.7 Å². The minimum atomic E-state index is -0.123. The van der Waals surface area contributed by atoms with Crippen molar-refractivity contribution >= 4 is 23.2 Å². The zero-order valence-electron chi connectivity index (χ0n) is 21.5. The van der Waals surface area contributed by atoms with Gasteiger partial charge in [-0.05, 0) is 37.6 Å². The molecule has 1 aliphatic carbocycles. The molecule has 8 nitrogen and oxygen atoms in total. The van der Waals surface area contributed by atoms with Crippen molar-refractivity contribution in [2.24, 2.45) is 12.0 Å². The van der Waals surface area contributed by atoms with Crippen LogP contribution in [0.1, 0.15) is 34.1 Å². The molecule has 0 saturated carbocycles. The second-order valence-electron chi connectivity index (χ2n) is 6.74. The van der Waals surface area contributed by atoms with Crippen LogP contribution in [0.3, 0.4) is 0 Å². The number of allylic oxidation sites excluding steroid dienone is 5. The highest BCUT2D eigenvalue weighted by atomic mass is 16.3. The van der Waals surface area contributed by atoms with E-state index < -0.39 is 0 Å². The van der Waals surface area contributed by atoms with Gasteiger partial charge in [0.25, 0.3) is 5.56 Å². The van der Waals surface area contributed by atoms with Crippen LogP contribution < -0.4 is 10.9 Å². The second kappa shape index (κ2) is 18.0. The lowest BCUT2D eigenvalue weighted by atomic mass is 10.2. The number of aliphatic imine (C=N–C) groups is 1. The Morgan fingerprint density at radius 2 is 1.91 bits per heavy atom. The smallest absolute Gasteiger partial charge is 0.278 e. The van der Waals surface area contributed by atoms with Gasteiger partial charge in [0, 0.05) is 26.8 Å². The van der Waals surface area contributed by atoms with Gasteiger partial charge in [-0.2, -0.15) is 4.98 Å². The topological polar surface area (TPSA) is 97.3 Å². The number of nitrogens with one attached hydrogen (secondary N) is 1. The van der Waals surface area contributed by atoms with E-state index in [2.05, 4.69) is 33.4 Å². The Kier molecular flexibility index (Phi) is 16.1. The van der Waals surface area contributed by atoms with Gasteiger partial charge in [0.15, 0.2) is 5.65 Å². The Hall–Kier alpha value is -3.52. The highest BCUT2D eigenvalue weighted by molar-refractivity contribution is 5.74. The molecule has 2 heterocycles. The number of hydrogen-bond acceptors (Lipinski definition) is 6. The maximum absolute atomic E-state index is 12.3. The van der Waals surface area contributed by atoms with Crippen LogP contribution in [0.25, 0.3) is 11.0 Å². The van der Waals surface area contributed by atoms with Gasteiger partial charge in [-0.15, -0.1) is 13.2 Å². The van der Waals surface area contributed by atoms with Gasteiger partial charge < -0.3 is 15.4 Å². The van der Waals surface area contributed by atoms with Gasteiger partial charge in [-0.3, -0.25) is 9.48 Å². The normalized spacial score (nSPS) is 12.1. The number of aromatic nitrogens is 4. The van der Waals surface area contributed by atoms with E-state index in [1.54, 1.807) is 48.0 Å². The Bertz CT molecular complexity index is 1070. The molecule has 186 valence electrons. The molecule has 2 aromatic rings. The molecule has 0 unspecified atom stereocenters. The van der Waals surface area contributed by atoms with E-state index in [0.717, 1.165) is 17.6 Å². The second-order valence-corrected chi connectivity index (χ2v) is 6.74. The Balaban J connectivity index is 0.00000105. The van der Waals surface area contributed by atoms with Crippen LogP contribution in [0.4, 0.5) is 5.95 Å². The molecule has 1 aliphatic rings. The molecule has 34 heavy (non-hydrogen) atoms. The van der Waals surface area contributed by atoms with Crippen LogP contribution in [0, 0.1) is 0 Å². The van der Waals surface area contributed by atoms with E-state index in [1.807, 2.05) is 52.0 Å². The van der Waals surface area contributed by atoms with Crippen LogP contribution in [-0.2, 0) is 13.6 Å². The summed E-state index contributed by atoms with van der Waals surface area (Å²) in [5.41, 5.74) is 2.50. The first-order chi connectivity index (χ1) is 16.5. The fourth-order valence-corrected chi connectivity index (χ4v) is 2.71. The quantitative estimate of drug-likeness (QED) is 0.482. The maximum Gasteiger partial charge on any atom is 0.278 e. The van der Waals surface area contributed by atoms with Crippen molar-refractivity contribution in [1.29, 1.82) is 0 Å². The first kappa shape index (κ1) is 30.5. The first-order valence-corrected chi connectivity index (χ1v) is 11.3. The third kappa shape index (κ3) is 9.54. The Morgan fingerprint density at radius 3 is 2.47 bits per heavy atom. The summed E-state index contributed by atoms with van der Waals surface area (Å²) in [5.74, 6) is 0.472. The molecule has 0 bridgehead atoms. The summed E-state index contributed by atoms with van der Waals surface area (Å²) >= 11 is 0. The van der Waals surface area contributed by atoms with Crippen molar-refractivity contribution in [3.8, 4) is 0 Å². The summed E-state index contributed by atoms with van der Waals surface area (Å²) in [6.07, 6.45) is 15.4. The van der Waals surface area contributed by atoms with Gasteiger partial charge in [0.2, 0.25) is 5.95 Å². The van der Waals surface area contributed by atoms with Gasteiger partial charge in [-0.1, -0.05) is 50.3 Å². The van der Waals surface area contributed by atoms with Gasteiger partial charge in [0.05, 0.1) is 13.2 Å². The van der Waals surface area contributed by atoms with Crippen molar-refractivity contribution in [2.45, 2.75) is 40.7 Å². The summed E-state index contributed by atoms with van der Waals surface area (Å²) in [6, 6.07) is 0. The third-order valence-corrected chi connectivity index (χ3v) is 4.36. The van der Waals surface area contributed by atoms with Crippen molar-refractivity contribution in [1.82, 2.24) is 19.3 Å². The van der Waals surface area contributed by atoms with Crippen LogP contribution in [0.2, 0.25) is 0 Å². The SMILES string of the molecule is C=CC.C=CCn1c(=O)c2cnc(NCC3=CC=C(CO)C=CC3)nc2n1C.CC.CC=NC. The summed E-state index contributed by atoms with van der Waals surface area (Å²) in [6.45, 7) is 15.9. The molecule has 0 atom stereocenters. The van der Waals surface area contributed by atoms with E-state index in [0.29, 0.717) is 30.1 Å². The van der Waals surface area contributed by atoms with Crippen LogP contribution in [0.5, 0.6) is 0 Å². The van der Waals surface area contributed by atoms with Crippen molar-refractivity contribution < 1.29 is 5.11 Å². The predicted octanol–water partition coefficient (Wildman–Crippen LogP) is 4.46. The number of rotatable bonds is 6. The van der Waals surface area contributed by atoms with Crippen molar-refractivity contribution in [3.63, 3.8) is 0 Å². The lowest BCUT2D eigenvalue weighted by Gasteiger charge is -2.07. The molecule has 0 aromatic carbocycles. The van der Waals surface area contributed by atoms with Crippen LogP contribution >= 0.6 is 0 Å². The largest absolute Gasteiger partial charge is 0.392 e. The lowest BCUT2D eigenvalue weighted by Crippen LogP contribution is -2.20. The molecule has 2 N–H and O–H groups in total. The summed E-state index contributed by atoms with van der Waals surface area (Å²) in [5, 5.41) is 12.9. The number of aliphatic hydroxyl groups is 1. The number of fused-ring (bicyclic) bond motifs is 1.